The Labute approximate surface area is 170 Å². The van der Waals surface area contributed by atoms with Crippen molar-refractivity contribution in [1.82, 2.24) is 10.6 Å². The molecule has 5 nitrogen and oxygen atoms in total. The van der Waals surface area contributed by atoms with Crippen LogP contribution in [-0.4, -0.2) is 38.4 Å². The van der Waals surface area contributed by atoms with Gasteiger partial charge in [-0.15, -0.1) is 24.0 Å². The second-order valence-electron chi connectivity index (χ2n) is 7.14. The van der Waals surface area contributed by atoms with Crippen LogP contribution in [0.25, 0.3) is 0 Å². The summed E-state index contributed by atoms with van der Waals surface area (Å²) in [5.74, 6) is 2.21. The number of guanidine groups is 1. The SMILES string of the molecule is CN=C(NCCOCC(C)C)NCc1ccccc1OC(C)(C)C.I. The van der Waals surface area contributed by atoms with Gasteiger partial charge in [-0.05, 0) is 32.8 Å². The van der Waals surface area contributed by atoms with Gasteiger partial charge in [0.1, 0.15) is 11.4 Å². The number of halogens is 1. The smallest absolute Gasteiger partial charge is 0.191 e. The lowest BCUT2D eigenvalue weighted by atomic mass is 10.1. The number of hydrogen-bond acceptors (Lipinski definition) is 3. The topological polar surface area (TPSA) is 54.9 Å². The molecular formula is C19H34IN3O2. The van der Waals surface area contributed by atoms with Crippen LogP contribution in [0.3, 0.4) is 0 Å². The quantitative estimate of drug-likeness (QED) is 0.267. The van der Waals surface area contributed by atoms with E-state index in [1.165, 1.54) is 0 Å². The van der Waals surface area contributed by atoms with E-state index < -0.39 is 0 Å². The molecule has 144 valence electrons. The first-order valence-corrected chi connectivity index (χ1v) is 8.61. The average molecular weight is 463 g/mol. The summed E-state index contributed by atoms with van der Waals surface area (Å²) < 4.78 is 11.6. The summed E-state index contributed by atoms with van der Waals surface area (Å²) in [4.78, 5) is 4.24. The van der Waals surface area contributed by atoms with Crippen molar-refractivity contribution < 1.29 is 9.47 Å². The molecule has 1 aromatic rings. The summed E-state index contributed by atoms with van der Waals surface area (Å²) >= 11 is 0. The maximum atomic E-state index is 6.01. The summed E-state index contributed by atoms with van der Waals surface area (Å²) in [6.45, 7) is 13.3. The van der Waals surface area contributed by atoms with Crippen molar-refractivity contribution in [1.29, 1.82) is 0 Å². The third-order valence-electron chi connectivity index (χ3n) is 3.05. The van der Waals surface area contributed by atoms with Crippen LogP contribution < -0.4 is 15.4 Å². The van der Waals surface area contributed by atoms with Gasteiger partial charge in [0.15, 0.2) is 5.96 Å². The average Bonchev–Trinajstić information content (AvgIpc) is 2.49. The number of hydrogen-bond donors (Lipinski definition) is 2. The summed E-state index contributed by atoms with van der Waals surface area (Å²) in [6.07, 6.45) is 0. The summed E-state index contributed by atoms with van der Waals surface area (Å²) in [5, 5.41) is 6.57. The number of para-hydroxylation sites is 1. The highest BCUT2D eigenvalue weighted by Gasteiger charge is 2.14. The van der Waals surface area contributed by atoms with Crippen molar-refractivity contribution in [3.8, 4) is 5.75 Å². The first-order valence-electron chi connectivity index (χ1n) is 8.61. The Kier molecular flexibility index (Phi) is 11.8. The Balaban J connectivity index is 0.00000576. The van der Waals surface area contributed by atoms with Gasteiger partial charge in [0, 0.05) is 32.3 Å². The fraction of sp³-hybridized carbons (Fsp3) is 0.632. The fourth-order valence-corrected chi connectivity index (χ4v) is 2.04. The third kappa shape index (κ3) is 11.3. The Hall–Kier alpha value is -1.02. The molecule has 1 aromatic carbocycles. The van der Waals surface area contributed by atoms with Crippen molar-refractivity contribution >= 4 is 29.9 Å². The standard InChI is InChI=1S/C19H33N3O2.HI/c1-15(2)14-23-12-11-21-18(20-6)22-13-16-9-7-8-10-17(16)24-19(3,4)5;/h7-10,15H,11-14H2,1-6H3,(H2,20,21,22);1H. The zero-order valence-corrected chi connectivity index (χ0v) is 18.7. The lowest BCUT2D eigenvalue weighted by Crippen LogP contribution is -2.38. The summed E-state index contributed by atoms with van der Waals surface area (Å²) in [6, 6.07) is 8.07. The van der Waals surface area contributed by atoms with E-state index in [-0.39, 0.29) is 29.6 Å². The number of rotatable bonds is 8. The molecule has 0 bridgehead atoms. The first-order chi connectivity index (χ1) is 11.3. The van der Waals surface area contributed by atoms with Gasteiger partial charge in [-0.3, -0.25) is 4.99 Å². The molecule has 0 aromatic heterocycles. The van der Waals surface area contributed by atoms with Gasteiger partial charge < -0.3 is 20.1 Å². The lowest BCUT2D eigenvalue weighted by molar-refractivity contribution is 0.114. The van der Waals surface area contributed by atoms with E-state index in [2.05, 4.69) is 56.3 Å². The summed E-state index contributed by atoms with van der Waals surface area (Å²) in [7, 11) is 1.77. The van der Waals surface area contributed by atoms with Crippen LogP contribution in [0.5, 0.6) is 5.75 Å². The molecule has 2 N–H and O–H groups in total. The van der Waals surface area contributed by atoms with Gasteiger partial charge >= 0.3 is 0 Å². The number of benzene rings is 1. The van der Waals surface area contributed by atoms with Crippen molar-refractivity contribution in [2.45, 2.75) is 46.8 Å². The Morgan fingerprint density at radius 1 is 1.16 bits per heavy atom. The maximum absolute atomic E-state index is 6.01. The molecule has 0 fully saturated rings. The van der Waals surface area contributed by atoms with Gasteiger partial charge in [-0.1, -0.05) is 32.0 Å². The van der Waals surface area contributed by atoms with Gasteiger partial charge in [0.2, 0.25) is 0 Å². The largest absolute Gasteiger partial charge is 0.488 e. The van der Waals surface area contributed by atoms with Gasteiger partial charge in [-0.25, -0.2) is 0 Å². The molecule has 0 amide bonds. The van der Waals surface area contributed by atoms with E-state index in [0.717, 1.165) is 30.4 Å². The van der Waals surface area contributed by atoms with Gasteiger partial charge in [0.05, 0.1) is 6.61 Å². The molecule has 0 unspecified atom stereocenters. The highest BCUT2D eigenvalue weighted by atomic mass is 127. The van der Waals surface area contributed by atoms with Gasteiger partial charge in [0.25, 0.3) is 0 Å². The maximum Gasteiger partial charge on any atom is 0.191 e. The zero-order chi connectivity index (χ0) is 18.0. The molecule has 0 atom stereocenters. The van der Waals surface area contributed by atoms with Crippen LogP contribution in [0.2, 0.25) is 0 Å². The van der Waals surface area contributed by atoms with E-state index in [4.69, 9.17) is 9.47 Å². The number of nitrogens with one attached hydrogen (secondary N) is 2. The highest BCUT2D eigenvalue weighted by molar-refractivity contribution is 14.0. The van der Waals surface area contributed by atoms with Crippen LogP contribution in [0, 0.1) is 5.92 Å². The molecule has 0 radical (unpaired) electrons. The monoisotopic (exact) mass is 463 g/mol. The zero-order valence-electron chi connectivity index (χ0n) is 16.4. The molecule has 0 aliphatic carbocycles. The molecule has 25 heavy (non-hydrogen) atoms. The van der Waals surface area contributed by atoms with E-state index >= 15 is 0 Å². The fourth-order valence-electron chi connectivity index (χ4n) is 2.04. The Morgan fingerprint density at radius 3 is 2.44 bits per heavy atom. The predicted octanol–water partition coefficient (Wildman–Crippen LogP) is 3.82. The molecule has 0 aliphatic heterocycles. The third-order valence-corrected chi connectivity index (χ3v) is 3.05. The minimum Gasteiger partial charge on any atom is -0.488 e. The second-order valence-corrected chi connectivity index (χ2v) is 7.14. The van der Waals surface area contributed by atoms with Crippen molar-refractivity contribution in [3.05, 3.63) is 29.8 Å². The van der Waals surface area contributed by atoms with E-state index in [0.29, 0.717) is 19.1 Å². The van der Waals surface area contributed by atoms with Gasteiger partial charge in [-0.2, -0.15) is 0 Å². The van der Waals surface area contributed by atoms with Crippen LogP contribution in [0.15, 0.2) is 29.3 Å². The van der Waals surface area contributed by atoms with E-state index in [1.54, 1.807) is 7.05 Å². The molecule has 0 saturated carbocycles. The van der Waals surface area contributed by atoms with Crippen molar-refractivity contribution in [3.63, 3.8) is 0 Å². The van der Waals surface area contributed by atoms with Crippen LogP contribution in [0.1, 0.15) is 40.2 Å². The summed E-state index contributed by atoms with van der Waals surface area (Å²) in [5.41, 5.74) is 0.885. The molecule has 6 heteroatoms. The molecule has 0 saturated heterocycles. The number of aliphatic imine (C=N–C) groups is 1. The van der Waals surface area contributed by atoms with E-state index in [9.17, 15) is 0 Å². The molecule has 0 spiro atoms. The Bertz CT molecular complexity index is 514. The minimum absolute atomic E-state index is 0. The lowest BCUT2D eigenvalue weighted by Gasteiger charge is -2.23. The molecule has 0 heterocycles. The second kappa shape index (κ2) is 12.4. The van der Waals surface area contributed by atoms with Crippen LogP contribution in [0.4, 0.5) is 0 Å². The normalized spacial score (nSPS) is 11.9. The highest BCUT2D eigenvalue weighted by Crippen LogP contribution is 2.22. The van der Waals surface area contributed by atoms with Crippen LogP contribution in [-0.2, 0) is 11.3 Å². The number of ether oxygens (including phenoxy) is 2. The molecular weight excluding hydrogens is 429 g/mol. The van der Waals surface area contributed by atoms with Crippen molar-refractivity contribution in [2.24, 2.45) is 10.9 Å². The minimum atomic E-state index is -0.218. The van der Waals surface area contributed by atoms with Crippen LogP contribution >= 0.6 is 24.0 Å². The number of nitrogens with zero attached hydrogens (tertiary/aromatic N) is 1. The van der Waals surface area contributed by atoms with E-state index in [1.807, 2.05) is 18.2 Å². The Morgan fingerprint density at radius 2 is 1.84 bits per heavy atom. The first kappa shape index (κ1) is 24.0. The molecule has 0 aliphatic rings. The predicted molar refractivity (Wildman–Crippen MR) is 116 cm³/mol. The van der Waals surface area contributed by atoms with Crippen molar-refractivity contribution in [2.75, 3.05) is 26.8 Å². The molecule has 1 rings (SSSR count).